The Morgan fingerprint density at radius 3 is 3.18 bits per heavy atom. The second-order valence-electron chi connectivity index (χ2n) is 2.46. The third-order valence-electron chi connectivity index (χ3n) is 1.51. The van der Waals surface area contributed by atoms with Crippen LogP contribution in [0.4, 0.5) is 0 Å². The number of aromatic nitrogens is 4. The van der Waals surface area contributed by atoms with Crippen molar-refractivity contribution in [2.24, 2.45) is 0 Å². The van der Waals surface area contributed by atoms with Crippen LogP contribution in [0.2, 0.25) is 0 Å². The Morgan fingerprint density at radius 2 is 2.36 bits per heavy atom. The SMILES string of the molecule is [3H]c1nc2nc(C)cc(C)n2n1. The number of rotatable bonds is 0. The van der Waals surface area contributed by atoms with Gasteiger partial charge in [0, 0.05) is 11.4 Å². The van der Waals surface area contributed by atoms with Crippen molar-refractivity contribution in [1.29, 1.82) is 0 Å². The first-order chi connectivity index (χ1) is 5.66. The van der Waals surface area contributed by atoms with E-state index in [2.05, 4.69) is 15.1 Å². The van der Waals surface area contributed by atoms with E-state index in [9.17, 15) is 0 Å². The molecular weight excluding hydrogens is 140 g/mol. The highest BCUT2D eigenvalue weighted by Gasteiger charge is 1.99. The summed E-state index contributed by atoms with van der Waals surface area (Å²) >= 11 is 0. The van der Waals surface area contributed by atoms with Crippen LogP contribution in [0.15, 0.2) is 12.4 Å². The Morgan fingerprint density at radius 1 is 1.55 bits per heavy atom. The molecule has 0 unspecified atom stereocenters. The summed E-state index contributed by atoms with van der Waals surface area (Å²) in [6.07, 6.45) is 0.0104. The topological polar surface area (TPSA) is 43.1 Å². The van der Waals surface area contributed by atoms with Crippen molar-refractivity contribution in [3.63, 3.8) is 0 Å². The predicted molar refractivity (Wildman–Crippen MR) is 40.3 cm³/mol. The van der Waals surface area contributed by atoms with Gasteiger partial charge in [-0.3, -0.25) is 0 Å². The molecule has 0 N–H and O–H groups in total. The quantitative estimate of drug-likeness (QED) is 0.556. The molecule has 0 aromatic carbocycles. The summed E-state index contributed by atoms with van der Waals surface area (Å²) < 4.78 is 8.77. The summed E-state index contributed by atoms with van der Waals surface area (Å²) in [5, 5.41) is 3.86. The fourth-order valence-electron chi connectivity index (χ4n) is 1.07. The Balaban J connectivity index is 2.88. The average Bonchev–Trinajstić information content (AvgIpc) is 2.29. The molecule has 0 saturated carbocycles. The van der Waals surface area contributed by atoms with Gasteiger partial charge in [-0.1, -0.05) is 0 Å². The molecule has 0 fully saturated rings. The lowest BCUT2D eigenvalue weighted by atomic mass is 10.4. The van der Waals surface area contributed by atoms with Crippen molar-refractivity contribution in [2.45, 2.75) is 13.8 Å². The molecule has 0 saturated heterocycles. The molecule has 2 aromatic rings. The Bertz CT molecular complexity index is 434. The van der Waals surface area contributed by atoms with E-state index in [-0.39, 0.29) is 6.30 Å². The van der Waals surface area contributed by atoms with Crippen LogP contribution in [0.1, 0.15) is 12.8 Å². The van der Waals surface area contributed by atoms with Crippen LogP contribution >= 0.6 is 0 Å². The molecule has 0 aliphatic heterocycles. The van der Waals surface area contributed by atoms with E-state index < -0.39 is 0 Å². The largest absolute Gasteiger partial charge is 0.252 e. The van der Waals surface area contributed by atoms with Gasteiger partial charge in [0.2, 0.25) is 0 Å². The minimum atomic E-state index is 0.0104. The van der Waals surface area contributed by atoms with Crippen LogP contribution in [0, 0.1) is 13.8 Å². The molecular formula is C7H8N4. The molecule has 2 heterocycles. The molecule has 2 rings (SSSR count). The van der Waals surface area contributed by atoms with Crippen LogP contribution < -0.4 is 0 Å². The molecule has 56 valence electrons. The van der Waals surface area contributed by atoms with Crippen LogP contribution in [0.3, 0.4) is 0 Å². The highest BCUT2D eigenvalue weighted by molar-refractivity contribution is 5.28. The molecule has 0 bridgehead atoms. The van der Waals surface area contributed by atoms with Crippen LogP contribution in [-0.4, -0.2) is 19.6 Å². The van der Waals surface area contributed by atoms with Crippen LogP contribution in [0.25, 0.3) is 5.78 Å². The molecule has 4 heteroatoms. The summed E-state index contributed by atoms with van der Waals surface area (Å²) in [5.74, 6) is 0.498. The van der Waals surface area contributed by atoms with Gasteiger partial charge in [0.25, 0.3) is 5.78 Å². The summed E-state index contributed by atoms with van der Waals surface area (Å²) in [5.41, 5.74) is 1.84. The number of hydrogen-bond acceptors (Lipinski definition) is 3. The maximum atomic E-state index is 7.21. The minimum absolute atomic E-state index is 0.0104. The maximum Gasteiger partial charge on any atom is 0.252 e. The Kier molecular flexibility index (Phi) is 0.959. The Labute approximate surface area is 65.3 Å². The third-order valence-corrected chi connectivity index (χ3v) is 1.51. The normalized spacial score (nSPS) is 12.0. The zero-order valence-corrected chi connectivity index (χ0v) is 6.37. The lowest BCUT2D eigenvalue weighted by Gasteiger charge is -1.97. The summed E-state index contributed by atoms with van der Waals surface area (Å²) in [7, 11) is 0. The van der Waals surface area contributed by atoms with E-state index in [0.717, 1.165) is 11.4 Å². The van der Waals surface area contributed by atoms with Crippen molar-refractivity contribution < 1.29 is 1.37 Å². The summed E-state index contributed by atoms with van der Waals surface area (Å²) in [6, 6.07) is 1.90. The predicted octanol–water partition coefficient (Wildman–Crippen LogP) is 0.741. The first-order valence-corrected chi connectivity index (χ1v) is 3.34. The monoisotopic (exact) mass is 150 g/mol. The molecule has 0 aliphatic carbocycles. The fourth-order valence-corrected chi connectivity index (χ4v) is 1.07. The van der Waals surface area contributed by atoms with Crippen molar-refractivity contribution in [2.75, 3.05) is 0 Å². The van der Waals surface area contributed by atoms with E-state index in [1.165, 1.54) is 0 Å². The second kappa shape index (κ2) is 2.02. The van der Waals surface area contributed by atoms with E-state index in [0.29, 0.717) is 5.78 Å². The van der Waals surface area contributed by atoms with Gasteiger partial charge in [-0.2, -0.15) is 10.1 Å². The van der Waals surface area contributed by atoms with Gasteiger partial charge in [0.15, 0.2) is 0 Å². The van der Waals surface area contributed by atoms with Gasteiger partial charge >= 0.3 is 0 Å². The van der Waals surface area contributed by atoms with Gasteiger partial charge in [0.05, 0.1) is 0 Å². The smallest absolute Gasteiger partial charge is 0.216 e. The maximum absolute atomic E-state index is 7.21. The number of aryl methyl sites for hydroxylation is 2. The van der Waals surface area contributed by atoms with E-state index in [4.69, 9.17) is 1.37 Å². The zero-order chi connectivity index (χ0) is 8.72. The molecule has 0 radical (unpaired) electrons. The second-order valence-corrected chi connectivity index (χ2v) is 2.46. The highest BCUT2D eigenvalue weighted by atomic mass is 15.3. The zero-order valence-electron chi connectivity index (χ0n) is 7.37. The fraction of sp³-hybridized carbons (Fsp3) is 0.286. The van der Waals surface area contributed by atoms with Gasteiger partial charge in [-0.15, -0.1) is 0 Å². The number of fused-ring (bicyclic) bond motifs is 1. The van der Waals surface area contributed by atoms with Gasteiger partial charge < -0.3 is 0 Å². The van der Waals surface area contributed by atoms with Crippen LogP contribution in [-0.2, 0) is 0 Å². The van der Waals surface area contributed by atoms with E-state index in [1.807, 2.05) is 19.9 Å². The highest BCUT2D eigenvalue weighted by Crippen LogP contribution is 2.01. The van der Waals surface area contributed by atoms with Gasteiger partial charge in [0.1, 0.15) is 7.67 Å². The molecule has 0 atom stereocenters. The first-order valence-electron chi connectivity index (χ1n) is 3.84. The first kappa shape index (κ1) is 5.23. The van der Waals surface area contributed by atoms with E-state index in [1.54, 1.807) is 4.52 Å². The van der Waals surface area contributed by atoms with Crippen molar-refractivity contribution >= 4 is 5.78 Å². The van der Waals surface area contributed by atoms with Gasteiger partial charge in [-0.05, 0) is 19.9 Å². The molecule has 0 amide bonds. The summed E-state index contributed by atoms with van der Waals surface area (Å²) in [6.45, 7) is 3.81. The molecule has 4 nitrogen and oxygen atoms in total. The van der Waals surface area contributed by atoms with E-state index >= 15 is 0 Å². The molecule has 0 spiro atoms. The average molecular weight is 150 g/mol. The number of nitrogens with zero attached hydrogens (tertiary/aromatic N) is 4. The van der Waals surface area contributed by atoms with Crippen molar-refractivity contribution in [3.8, 4) is 0 Å². The standard InChI is InChI=1S/C7H8N4/c1-5-3-6(2)11-7(10-5)8-4-9-11/h3-4H,1-2H3/i4T. The lowest BCUT2D eigenvalue weighted by molar-refractivity contribution is 0.885. The number of hydrogen-bond donors (Lipinski definition) is 0. The minimum Gasteiger partial charge on any atom is -0.216 e. The van der Waals surface area contributed by atoms with Crippen molar-refractivity contribution in [1.82, 2.24) is 19.6 Å². The summed E-state index contributed by atoms with van der Waals surface area (Å²) in [4.78, 5) is 7.97. The third kappa shape index (κ3) is 0.869. The Hall–Kier alpha value is -1.45. The molecule has 2 aromatic heterocycles. The molecule has 11 heavy (non-hydrogen) atoms. The van der Waals surface area contributed by atoms with Gasteiger partial charge in [-0.25, -0.2) is 9.50 Å². The van der Waals surface area contributed by atoms with Crippen LogP contribution in [0.5, 0.6) is 0 Å². The van der Waals surface area contributed by atoms with Crippen molar-refractivity contribution in [3.05, 3.63) is 23.8 Å². The lowest BCUT2D eigenvalue weighted by Crippen LogP contribution is -1.97. The molecule has 0 aliphatic rings.